The van der Waals surface area contributed by atoms with E-state index in [1.165, 1.54) is 5.56 Å². The average molecular weight is 323 g/mol. The van der Waals surface area contributed by atoms with Crippen LogP contribution in [0.15, 0.2) is 42.5 Å². The highest BCUT2D eigenvalue weighted by Crippen LogP contribution is 2.29. The van der Waals surface area contributed by atoms with E-state index in [-0.39, 0.29) is 6.04 Å². The first kappa shape index (κ1) is 16.3. The molecule has 0 aromatic heterocycles. The van der Waals surface area contributed by atoms with E-state index in [0.717, 1.165) is 11.1 Å². The fraction of sp³-hybridized carbons (Fsp3) is 0.294. The third-order valence-electron chi connectivity index (χ3n) is 3.66. The topological polar surface area (TPSA) is 38.0 Å². The first-order valence-electron chi connectivity index (χ1n) is 7.01. The molecule has 3 N–H and O–H groups in total. The van der Waals surface area contributed by atoms with Crippen molar-refractivity contribution < 1.29 is 0 Å². The quantitative estimate of drug-likeness (QED) is 0.609. The Morgan fingerprint density at radius 3 is 2.19 bits per heavy atom. The summed E-state index contributed by atoms with van der Waals surface area (Å²) in [6, 6.07) is 14.2. The van der Waals surface area contributed by atoms with Crippen molar-refractivity contribution in [3.63, 3.8) is 0 Å². The normalized spacial score (nSPS) is 12.7. The number of nitrogens with one attached hydrogen (secondary N) is 1. The number of hydrazine groups is 1. The molecule has 0 saturated heterocycles. The van der Waals surface area contributed by atoms with Gasteiger partial charge in [-0.1, -0.05) is 73.4 Å². The Bertz CT molecular complexity index is 594. The lowest BCUT2D eigenvalue weighted by Gasteiger charge is -2.18. The molecule has 2 aromatic rings. The summed E-state index contributed by atoms with van der Waals surface area (Å²) in [5.74, 6) is 6.23. The molecule has 0 aliphatic heterocycles. The van der Waals surface area contributed by atoms with E-state index in [1.54, 1.807) is 6.07 Å². The fourth-order valence-corrected chi connectivity index (χ4v) is 2.71. The Kier molecular flexibility index (Phi) is 5.65. The van der Waals surface area contributed by atoms with Crippen LogP contribution in [0.5, 0.6) is 0 Å². The van der Waals surface area contributed by atoms with Crippen LogP contribution in [0.4, 0.5) is 0 Å². The van der Waals surface area contributed by atoms with Crippen molar-refractivity contribution >= 4 is 23.2 Å². The maximum atomic E-state index is 6.25. The van der Waals surface area contributed by atoms with Crippen molar-refractivity contribution in [3.05, 3.63) is 69.2 Å². The summed E-state index contributed by atoms with van der Waals surface area (Å²) in [5.41, 5.74) is 6.30. The van der Waals surface area contributed by atoms with Crippen LogP contribution in [0.3, 0.4) is 0 Å². The molecule has 1 atom stereocenters. The molecule has 2 nitrogen and oxygen atoms in total. The largest absolute Gasteiger partial charge is 0.271 e. The first-order valence-corrected chi connectivity index (χ1v) is 7.77. The van der Waals surface area contributed by atoms with E-state index in [0.29, 0.717) is 22.4 Å². The summed E-state index contributed by atoms with van der Waals surface area (Å²) in [6.07, 6.45) is 0.691. The van der Waals surface area contributed by atoms with Crippen LogP contribution in [-0.4, -0.2) is 0 Å². The molecule has 0 spiro atoms. The first-order chi connectivity index (χ1) is 10.0. The zero-order chi connectivity index (χ0) is 15.4. The number of hydrogen-bond acceptors (Lipinski definition) is 2. The Morgan fingerprint density at radius 2 is 1.62 bits per heavy atom. The molecule has 2 rings (SSSR count). The van der Waals surface area contributed by atoms with Gasteiger partial charge in [-0.25, -0.2) is 0 Å². The Morgan fingerprint density at radius 1 is 1.00 bits per heavy atom. The van der Waals surface area contributed by atoms with Crippen LogP contribution >= 0.6 is 23.2 Å². The molecule has 4 heteroatoms. The van der Waals surface area contributed by atoms with Gasteiger partial charge in [0.2, 0.25) is 0 Å². The lowest BCUT2D eigenvalue weighted by atomic mass is 9.96. The van der Waals surface area contributed by atoms with Crippen LogP contribution in [0.1, 0.15) is 42.5 Å². The molecule has 21 heavy (non-hydrogen) atoms. The summed E-state index contributed by atoms with van der Waals surface area (Å²) in [4.78, 5) is 0. The maximum Gasteiger partial charge on any atom is 0.0624 e. The minimum atomic E-state index is 0.00202. The summed E-state index contributed by atoms with van der Waals surface area (Å²) < 4.78 is 0. The van der Waals surface area contributed by atoms with Gasteiger partial charge in [0, 0.05) is 0 Å². The molecular formula is C17H20Cl2N2. The number of rotatable bonds is 5. The van der Waals surface area contributed by atoms with E-state index in [4.69, 9.17) is 29.0 Å². The minimum absolute atomic E-state index is 0.00202. The third kappa shape index (κ3) is 3.98. The zero-order valence-electron chi connectivity index (χ0n) is 12.2. The highest BCUT2D eigenvalue weighted by molar-refractivity contribution is 6.42. The van der Waals surface area contributed by atoms with Gasteiger partial charge in [0.1, 0.15) is 0 Å². The predicted molar refractivity (Wildman–Crippen MR) is 90.8 cm³/mol. The molecule has 0 aliphatic carbocycles. The second kappa shape index (κ2) is 7.28. The highest BCUT2D eigenvalue weighted by Gasteiger charge is 2.14. The molecule has 0 bridgehead atoms. The molecule has 0 saturated carbocycles. The van der Waals surface area contributed by atoms with E-state index in [2.05, 4.69) is 43.5 Å². The fourth-order valence-electron chi connectivity index (χ4n) is 2.31. The third-order valence-corrected chi connectivity index (χ3v) is 4.52. The van der Waals surface area contributed by atoms with Gasteiger partial charge in [-0.05, 0) is 35.1 Å². The Hall–Kier alpha value is -1.06. The summed E-state index contributed by atoms with van der Waals surface area (Å²) >= 11 is 12.3. The number of halogens is 2. The minimum Gasteiger partial charge on any atom is -0.271 e. The van der Waals surface area contributed by atoms with Crippen LogP contribution < -0.4 is 11.3 Å². The molecule has 0 radical (unpaired) electrons. The lowest BCUT2D eigenvalue weighted by Crippen LogP contribution is -2.29. The summed E-state index contributed by atoms with van der Waals surface area (Å²) in [7, 11) is 0. The SMILES string of the molecule is CC(C)c1ccc(C(Cc2cccc(Cl)c2Cl)NN)cc1. The second-order valence-corrected chi connectivity index (χ2v) is 6.24. The van der Waals surface area contributed by atoms with Crippen molar-refractivity contribution in [1.29, 1.82) is 0 Å². The van der Waals surface area contributed by atoms with Gasteiger partial charge in [-0.2, -0.15) is 0 Å². The van der Waals surface area contributed by atoms with E-state index in [1.807, 2.05) is 12.1 Å². The molecule has 0 amide bonds. The van der Waals surface area contributed by atoms with E-state index < -0.39 is 0 Å². The Labute approximate surface area is 136 Å². The standard InChI is InChI=1S/C17H20Cl2N2/c1-11(2)12-6-8-13(9-7-12)16(21-20)10-14-4-3-5-15(18)17(14)19/h3-9,11,16,21H,10,20H2,1-2H3. The predicted octanol–water partition coefficient (Wildman–Crippen LogP) is 4.86. The van der Waals surface area contributed by atoms with Crippen molar-refractivity contribution in [2.75, 3.05) is 0 Å². The molecule has 1 unspecified atom stereocenters. The van der Waals surface area contributed by atoms with Crippen LogP contribution in [0, 0.1) is 0 Å². The van der Waals surface area contributed by atoms with Gasteiger partial charge in [0.25, 0.3) is 0 Å². The number of benzene rings is 2. The van der Waals surface area contributed by atoms with Crippen LogP contribution in [0.25, 0.3) is 0 Å². The molecular weight excluding hydrogens is 303 g/mol. The molecule has 0 fully saturated rings. The summed E-state index contributed by atoms with van der Waals surface area (Å²) in [6.45, 7) is 4.36. The highest BCUT2D eigenvalue weighted by atomic mass is 35.5. The molecule has 0 heterocycles. The van der Waals surface area contributed by atoms with E-state index >= 15 is 0 Å². The van der Waals surface area contributed by atoms with Gasteiger partial charge in [-0.15, -0.1) is 0 Å². The molecule has 2 aromatic carbocycles. The maximum absolute atomic E-state index is 6.25. The van der Waals surface area contributed by atoms with Gasteiger partial charge < -0.3 is 0 Å². The number of nitrogens with two attached hydrogens (primary N) is 1. The van der Waals surface area contributed by atoms with Crippen molar-refractivity contribution in [2.45, 2.75) is 32.2 Å². The van der Waals surface area contributed by atoms with Gasteiger partial charge in [0.05, 0.1) is 16.1 Å². The van der Waals surface area contributed by atoms with Crippen LogP contribution in [0.2, 0.25) is 10.0 Å². The van der Waals surface area contributed by atoms with Crippen molar-refractivity contribution in [2.24, 2.45) is 5.84 Å². The number of hydrogen-bond donors (Lipinski definition) is 2. The van der Waals surface area contributed by atoms with Crippen molar-refractivity contribution in [1.82, 2.24) is 5.43 Å². The molecule has 0 aliphatic rings. The van der Waals surface area contributed by atoms with Gasteiger partial charge >= 0.3 is 0 Å². The zero-order valence-corrected chi connectivity index (χ0v) is 13.7. The summed E-state index contributed by atoms with van der Waals surface area (Å²) in [5, 5.41) is 1.17. The smallest absolute Gasteiger partial charge is 0.0624 e. The van der Waals surface area contributed by atoms with E-state index in [9.17, 15) is 0 Å². The lowest BCUT2D eigenvalue weighted by molar-refractivity contribution is 0.552. The van der Waals surface area contributed by atoms with Gasteiger partial charge in [0.15, 0.2) is 0 Å². The Balaban J connectivity index is 2.21. The monoisotopic (exact) mass is 322 g/mol. The van der Waals surface area contributed by atoms with Crippen molar-refractivity contribution in [3.8, 4) is 0 Å². The average Bonchev–Trinajstić information content (AvgIpc) is 2.49. The van der Waals surface area contributed by atoms with Crippen LogP contribution in [-0.2, 0) is 6.42 Å². The van der Waals surface area contributed by atoms with Gasteiger partial charge in [-0.3, -0.25) is 11.3 Å². The molecule has 112 valence electrons. The second-order valence-electron chi connectivity index (χ2n) is 5.46.